The molecule has 0 aromatic heterocycles. The van der Waals surface area contributed by atoms with E-state index in [4.69, 9.17) is 23.2 Å². The fourth-order valence-corrected chi connectivity index (χ4v) is 2.90. The maximum Gasteiger partial charge on any atom is 0.271 e. The lowest BCUT2D eigenvalue weighted by Gasteiger charge is -2.07. The van der Waals surface area contributed by atoms with E-state index >= 15 is 0 Å². The highest BCUT2D eigenvalue weighted by molar-refractivity contribution is 6.43. The summed E-state index contributed by atoms with van der Waals surface area (Å²) in [6.07, 6.45) is 1.42. The van der Waals surface area contributed by atoms with Gasteiger partial charge in [0, 0.05) is 22.4 Å². The molecule has 0 spiro atoms. The Labute approximate surface area is 178 Å². The second-order valence-corrected chi connectivity index (χ2v) is 7.03. The zero-order chi connectivity index (χ0) is 20.8. The van der Waals surface area contributed by atoms with Gasteiger partial charge < -0.3 is 5.32 Å². The van der Waals surface area contributed by atoms with Crippen molar-refractivity contribution in [1.29, 1.82) is 0 Å². The van der Waals surface area contributed by atoms with Crippen molar-refractivity contribution in [2.24, 2.45) is 5.10 Å². The van der Waals surface area contributed by atoms with Crippen LogP contribution in [0.4, 0.5) is 5.69 Å². The molecule has 0 radical (unpaired) electrons. The highest BCUT2D eigenvalue weighted by Gasteiger charge is 2.08. The van der Waals surface area contributed by atoms with Gasteiger partial charge in [0.1, 0.15) is 0 Å². The Balaban J connectivity index is 1.60. The maximum absolute atomic E-state index is 12.3. The molecule has 0 aliphatic carbocycles. The first-order valence-electron chi connectivity index (χ1n) is 8.69. The van der Waals surface area contributed by atoms with Crippen LogP contribution in [0, 0.1) is 6.92 Å². The predicted molar refractivity (Wildman–Crippen MR) is 117 cm³/mol. The van der Waals surface area contributed by atoms with Gasteiger partial charge in [0.05, 0.1) is 16.3 Å². The summed E-state index contributed by atoms with van der Waals surface area (Å²) >= 11 is 12.0. The molecular weight excluding hydrogens is 409 g/mol. The van der Waals surface area contributed by atoms with E-state index in [1.54, 1.807) is 54.6 Å². The number of hydrogen-bond donors (Lipinski definition) is 2. The summed E-state index contributed by atoms with van der Waals surface area (Å²) in [5, 5.41) is 7.47. The molecule has 2 amide bonds. The first-order valence-corrected chi connectivity index (χ1v) is 9.45. The molecule has 3 aromatic carbocycles. The van der Waals surface area contributed by atoms with Crippen LogP contribution in [0.15, 0.2) is 71.8 Å². The number of anilines is 1. The average Bonchev–Trinajstić information content (AvgIpc) is 2.71. The number of amides is 2. The summed E-state index contributed by atoms with van der Waals surface area (Å²) in [6.45, 7) is 1.92. The maximum atomic E-state index is 12.3. The number of nitrogens with one attached hydrogen (secondary N) is 2. The highest BCUT2D eigenvalue weighted by atomic mass is 35.5. The number of benzene rings is 3. The third-order valence-corrected chi connectivity index (χ3v) is 4.87. The zero-order valence-corrected chi connectivity index (χ0v) is 17.0. The molecule has 0 fully saturated rings. The molecule has 29 heavy (non-hydrogen) atoms. The minimum Gasteiger partial charge on any atom is -0.322 e. The fraction of sp³-hybridized carbons (Fsp3) is 0.0455. The first kappa shape index (κ1) is 20.6. The molecular formula is C22H17Cl2N3O2. The topological polar surface area (TPSA) is 70.6 Å². The number of carbonyl (C=O) groups is 2. The van der Waals surface area contributed by atoms with Gasteiger partial charge in [-0.15, -0.1) is 0 Å². The fourth-order valence-electron chi connectivity index (χ4n) is 2.54. The molecule has 7 heteroatoms. The SMILES string of the molecule is Cc1cccc(C(=O)Nc2ccc(C(=O)NN=Cc3cccc(Cl)c3Cl)cc2)c1. The van der Waals surface area contributed by atoms with Crippen molar-refractivity contribution in [1.82, 2.24) is 5.43 Å². The van der Waals surface area contributed by atoms with Crippen LogP contribution in [0.25, 0.3) is 0 Å². The van der Waals surface area contributed by atoms with E-state index < -0.39 is 5.91 Å². The standard InChI is InChI=1S/C22H17Cl2N3O2/c1-14-4-2-5-16(12-14)21(28)26-18-10-8-15(9-11-18)22(29)27-25-13-17-6-3-7-19(23)20(17)24/h2-13H,1H3,(H,26,28)(H,27,29). The van der Waals surface area contributed by atoms with Crippen molar-refractivity contribution in [3.05, 3.63) is 99.0 Å². The van der Waals surface area contributed by atoms with Crippen molar-refractivity contribution < 1.29 is 9.59 Å². The minimum atomic E-state index is -0.393. The molecule has 5 nitrogen and oxygen atoms in total. The summed E-state index contributed by atoms with van der Waals surface area (Å²) < 4.78 is 0. The Morgan fingerprint density at radius 2 is 1.62 bits per heavy atom. The van der Waals surface area contributed by atoms with Crippen molar-refractivity contribution >= 4 is 46.9 Å². The van der Waals surface area contributed by atoms with E-state index in [-0.39, 0.29) is 5.91 Å². The van der Waals surface area contributed by atoms with Gasteiger partial charge in [-0.3, -0.25) is 9.59 Å². The lowest BCUT2D eigenvalue weighted by molar-refractivity contribution is 0.0954. The van der Waals surface area contributed by atoms with Crippen LogP contribution in [0.3, 0.4) is 0 Å². The number of aryl methyl sites for hydroxylation is 1. The molecule has 146 valence electrons. The largest absolute Gasteiger partial charge is 0.322 e. The Bertz CT molecular complexity index is 1080. The van der Waals surface area contributed by atoms with Crippen LogP contribution in [0.5, 0.6) is 0 Å². The summed E-state index contributed by atoms with van der Waals surface area (Å²) in [7, 11) is 0. The number of hydrogen-bond acceptors (Lipinski definition) is 3. The molecule has 0 atom stereocenters. The van der Waals surface area contributed by atoms with Gasteiger partial charge in [-0.05, 0) is 49.4 Å². The van der Waals surface area contributed by atoms with E-state index in [1.807, 2.05) is 19.1 Å². The number of rotatable bonds is 5. The number of halogens is 2. The molecule has 0 aliphatic rings. The van der Waals surface area contributed by atoms with Gasteiger partial charge in [-0.1, -0.05) is 53.0 Å². The Morgan fingerprint density at radius 1 is 0.897 bits per heavy atom. The van der Waals surface area contributed by atoms with Gasteiger partial charge >= 0.3 is 0 Å². The lowest BCUT2D eigenvalue weighted by atomic mass is 10.1. The quantitative estimate of drug-likeness (QED) is 0.428. The molecule has 2 N–H and O–H groups in total. The van der Waals surface area contributed by atoms with Gasteiger partial charge in [-0.25, -0.2) is 5.43 Å². The Kier molecular flexibility index (Phi) is 6.65. The number of hydrazone groups is 1. The molecule has 0 heterocycles. The molecule has 3 aromatic rings. The molecule has 0 aliphatic heterocycles. The van der Waals surface area contributed by atoms with Gasteiger partial charge in [-0.2, -0.15) is 5.10 Å². The van der Waals surface area contributed by atoms with Gasteiger partial charge in [0.25, 0.3) is 11.8 Å². The normalized spacial score (nSPS) is 10.7. The lowest BCUT2D eigenvalue weighted by Crippen LogP contribution is -2.18. The van der Waals surface area contributed by atoms with E-state index in [2.05, 4.69) is 15.8 Å². The monoisotopic (exact) mass is 425 g/mol. The van der Waals surface area contributed by atoms with Crippen molar-refractivity contribution in [3.8, 4) is 0 Å². The zero-order valence-electron chi connectivity index (χ0n) is 15.4. The van der Waals surface area contributed by atoms with Crippen molar-refractivity contribution in [2.75, 3.05) is 5.32 Å². The molecule has 0 unspecified atom stereocenters. The highest BCUT2D eigenvalue weighted by Crippen LogP contribution is 2.24. The van der Waals surface area contributed by atoms with Crippen LogP contribution >= 0.6 is 23.2 Å². The van der Waals surface area contributed by atoms with E-state index in [9.17, 15) is 9.59 Å². The summed E-state index contributed by atoms with van der Waals surface area (Å²) in [5.74, 6) is -0.607. The summed E-state index contributed by atoms with van der Waals surface area (Å²) in [5.41, 5.74) is 5.58. The predicted octanol–water partition coefficient (Wildman–Crippen LogP) is 5.32. The Hall–Kier alpha value is -3.15. The minimum absolute atomic E-state index is 0.214. The van der Waals surface area contributed by atoms with Gasteiger partial charge in [0.2, 0.25) is 0 Å². The third-order valence-electron chi connectivity index (χ3n) is 4.04. The number of carbonyl (C=O) groups excluding carboxylic acids is 2. The average molecular weight is 426 g/mol. The molecule has 0 saturated carbocycles. The molecule has 3 rings (SSSR count). The summed E-state index contributed by atoms with van der Waals surface area (Å²) in [4.78, 5) is 24.5. The van der Waals surface area contributed by atoms with Crippen molar-refractivity contribution in [3.63, 3.8) is 0 Å². The van der Waals surface area contributed by atoms with E-state index in [1.165, 1.54) is 6.21 Å². The van der Waals surface area contributed by atoms with Gasteiger partial charge in [0.15, 0.2) is 0 Å². The molecule has 0 saturated heterocycles. The second kappa shape index (κ2) is 9.37. The van der Waals surface area contributed by atoms with Crippen LogP contribution < -0.4 is 10.7 Å². The van der Waals surface area contributed by atoms with Crippen LogP contribution in [0.1, 0.15) is 31.8 Å². The third kappa shape index (κ3) is 5.44. The second-order valence-electron chi connectivity index (χ2n) is 6.24. The van der Waals surface area contributed by atoms with Crippen LogP contribution in [0.2, 0.25) is 10.0 Å². The number of nitrogens with zero attached hydrogens (tertiary/aromatic N) is 1. The van der Waals surface area contributed by atoms with Crippen LogP contribution in [-0.4, -0.2) is 18.0 Å². The van der Waals surface area contributed by atoms with E-state index in [0.717, 1.165) is 5.56 Å². The van der Waals surface area contributed by atoms with E-state index in [0.29, 0.717) is 32.4 Å². The van der Waals surface area contributed by atoms with Crippen LogP contribution in [-0.2, 0) is 0 Å². The smallest absolute Gasteiger partial charge is 0.271 e. The first-order chi connectivity index (χ1) is 13.9. The Morgan fingerprint density at radius 3 is 2.34 bits per heavy atom. The summed E-state index contributed by atoms with van der Waals surface area (Å²) in [6, 6.07) is 18.9. The van der Waals surface area contributed by atoms with Crippen molar-refractivity contribution in [2.45, 2.75) is 6.92 Å². The molecule has 0 bridgehead atoms.